The number of benzene rings is 1. The van der Waals surface area contributed by atoms with Gasteiger partial charge in [0, 0.05) is 0 Å². The summed E-state index contributed by atoms with van der Waals surface area (Å²) in [6.45, 7) is 0. The largest absolute Gasteiger partial charge is 0.350 e. The van der Waals surface area contributed by atoms with Gasteiger partial charge in [0.15, 0.2) is 0 Å². The number of carbonyl (C=O) groups is 1. The summed E-state index contributed by atoms with van der Waals surface area (Å²) in [5.41, 5.74) is 3.17. The van der Waals surface area contributed by atoms with Crippen molar-refractivity contribution >= 4 is 16.5 Å². The van der Waals surface area contributed by atoms with Gasteiger partial charge in [-0.2, -0.15) is 8.42 Å². The summed E-state index contributed by atoms with van der Waals surface area (Å²) in [6.07, 6.45) is 0. The lowest BCUT2D eigenvalue weighted by molar-refractivity contribution is 0.241. The molecule has 0 bridgehead atoms. The molecule has 7 nitrogen and oxygen atoms in total. The Balaban J connectivity index is 0.000000280. The number of hydrazine groups is 1. The van der Waals surface area contributed by atoms with Gasteiger partial charge in [-0.1, -0.05) is 36.4 Å². The van der Waals surface area contributed by atoms with E-state index in [2.05, 4.69) is 10.3 Å². The zero-order valence-corrected chi connectivity index (χ0v) is 8.44. The first-order valence-corrected chi connectivity index (χ1v) is 4.76. The first kappa shape index (κ1) is 13.1. The summed E-state index contributed by atoms with van der Waals surface area (Å²) in [7, 11) is -2.64. The van der Waals surface area contributed by atoms with Gasteiger partial charge in [-0.3, -0.25) is 5.43 Å². The van der Waals surface area contributed by atoms with Crippen LogP contribution in [0.2, 0.25) is 0 Å². The van der Waals surface area contributed by atoms with Gasteiger partial charge in [-0.05, 0) is 4.47 Å². The molecule has 0 saturated heterocycles. The van der Waals surface area contributed by atoms with Crippen LogP contribution >= 0.6 is 0 Å². The van der Waals surface area contributed by atoms with Crippen LogP contribution in [-0.4, -0.2) is 14.4 Å². The summed E-state index contributed by atoms with van der Waals surface area (Å²) in [5.74, 6) is 4.54. The van der Waals surface area contributed by atoms with Gasteiger partial charge in [-0.25, -0.2) is 16.1 Å². The van der Waals surface area contributed by atoms with E-state index in [0.717, 1.165) is 0 Å². The van der Waals surface area contributed by atoms with Crippen molar-refractivity contribution in [2.45, 2.75) is 0 Å². The fourth-order valence-electron chi connectivity index (χ4n) is 0.496. The van der Waals surface area contributed by atoms with E-state index in [9.17, 15) is 13.2 Å². The summed E-state index contributed by atoms with van der Waals surface area (Å²) in [5, 5.41) is 0. The Morgan fingerprint density at radius 1 is 1.07 bits per heavy atom. The van der Waals surface area contributed by atoms with Crippen LogP contribution in [0.4, 0.5) is 4.79 Å². The molecular weight excluding hydrogens is 220 g/mol. The lowest BCUT2D eigenvalue weighted by Gasteiger charge is -1.90. The first-order valence-electron chi connectivity index (χ1n) is 3.73. The molecule has 0 aliphatic heterocycles. The number of amides is 2. The minimum Gasteiger partial charge on any atom is -0.274 e. The number of nitrogens with two attached hydrogens (primary N) is 1. The molecule has 2 amide bonds. The Kier molecular flexibility index (Phi) is 7.54. The lowest BCUT2D eigenvalue weighted by Crippen LogP contribution is -2.37. The van der Waals surface area contributed by atoms with Gasteiger partial charge in [0.1, 0.15) is 0 Å². The number of hydrogen-bond acceptors (Lipinski definition) is 5. The lowest BCUT2D eigenvalue weighted by atomic mass is 10.4. The van der Waals surface area contributed by atoms with E-state index in [4.69, 9.17) is 0 Å². The molecule has 0 fully saturated rings. The van der Waals surface area contributed by atoms with Crippen molar-refractivity contribution < 1.29 is 13.2 Å². The highest BCUT2D eigenvalue weighted by molar-refractivity contribution is 7.61. The normalized spacial score (nSPS) is 7.80. The number of nitrogens with zero attached hydrogens (tertiary/aromatic N) is 1. The molecule has 82 valence electrons. The Morgan fingerprint density at radius 3 is 1.73 bits per heavy atom. The van der Waals surface area contributed by atoms with Crippen molar-refractivity contribution in [2.24, 2.45) is 10.3 Å². The molecule has 0 atom stereocenters. The molecule has 8 heteroatoms. The second-order valence-corrected chi connectivity index (χ2v) is 2.67. The van der Waals surface area contributed by atoms with Crippen molar-refractivity contribution in [3.63, 3.8) is 0 Å². The predicted octanol–water partition coefficient (Wildman–Crippen LogP) is -0.176. The molecule has 15 heavy (non-hydrogen) atoms. The van der Waals surface area contributed by atoms with Gasteiger partial charge < -0.3 is 0 Å². The maximum absolute atomic E-state index is 10.0. The molecule has 0 heterocycles. The highest BCUT2D eigenvalue weighted by atomic mass is 32.2. The van der Waals surface area contributed by atoms with E-state index in [1.54, 1.807) is 10.9 Å². The Hall–Kier alpha value is -1.93. The molecule has 0 spiro atoms. The van der Waals surface area contributed by atoms with Crippen LogP contribution in [0.3, 0.4) is 0 Å². The van der Waals surface area contributed by atoms with Crippen molar-refractivity contribution in [3.05, 3.63) is 36.4 Å². The van der Waals surface area contributed by atoms with Crippen LogP contribution in [-0.2, 0) is 10.5 Å². The van der Waals surface area contributed by atoms with E-state index >= 15 is 0 Å². The summed E-state index contributed by atoms with van der Waals surface area (Å²) < 4.78 is 21.7. The fraction of sp³-hybridized carbons (Fsp3) is 0. The maximum Gasteiger partial charge on any atom is 0.350 e. The Bertz CT molecular complexity index is 369. The average molecular weight is 230 g/mol. The summed E-state index contributed by atoms with van der Waals surface area (Å²) in [4.78, 5) is 10.0. The van der Waals surface area contributed by atoms with Gasteiger partial charge >= 0.3 is 16.5 Å². The molecule has 0 aliphatic carbocycles. The van der Waals surface area contributed by atoms with Crippen molar-refractivity contribution in [1.82, 2.24) is 10.9 Å². The summed E-state index contributed by atoms with van der Waals surface area (Å²) >= 11 is 0. The fourth-order valence-corrected chi connectivity index (χ4v) is 0.653. The zero-order valence-electron chi connectivity index (χ0n) is 7.62. The molecular formula is C7H10N4O3S. The average Bonchev–Trinajstić information content (AvgIpc) is 2.29. The zero-order chi connectivity index (χ0) is 11.5. The Morgan fingerprint density at radius 2 is 1.47 bits per heavy atom. The number of urea groups is 1. The second-order valence-electron chi connectivity index (χ2n) is 2.05. The number of carbonyl (C=O) groups excluding carboxylic acids is 1. The van der Waals surface area contributed by atoms with Crippen LogP contribution in [0.5, 0.6) is 0 Å². The smallest absolute Gasteiger partial charge is 0.274 e. The number of rotatable bonds is 1. The highest BCUT2D eigenvalue weighted by Crippen LogP contribution is 1.79. The predicted molar refractivity (Wildman–Crippen MR) is 53.6 cm³/mol. The quantitative estimate of drug-likeness (QED) is 0.353. The molecule has 0 unspecified atom stereocenters. The van der Waals surface area contributed by atoms with Crippen LogP contribution in [0.25, 0.3) is 0 Å². The third-order valence-corrected chi connectivity index (χ3v) is 1.26. The molecule has 1 aromatic carbocycles. The van der Waals surface area contributed by atoms with E-state index in [1.807, 2.05) is 36.4 Å². The Labute approximate surface area is 87.9 Å². The van der Waals surface area contributed by atoms with Gasteiger partial charge in [0.25, 0.3) is 0 Å². The monoisotopic (exact) mass is 230 g/mol. The van der Waals surface area contributed by atoms with Crippen molar-refractivity contribution in [1.29, 1.82) is 0 Å². The molecule has 1 aromatic rings. The van der Waals surface area contributed by atoms with Crippen LogP contribution in [0.1, 0.15) is 0 Å². The van der Waals surface area contributed by atoms with Crippen LogP contribution < -0.4 is 16.7 Å². The molecule has 0 saturated carbocycles. The van der Waals surface area contributed by atoms with Crippen molar-refractivity contribution in [2.75, 3.05) is 0 Å². The van der Waals surface area contributed by atoms with Gasteiger partial charge in [0.05, 0.1) is 0 Å². The minimum absolute atomic E-state index is 0.890. The van der Waals surface area contributed by atoms with Gasteiger partial charge in [-0.15, -0.1) is 0 Å². The standard InChI is InChI=1S/C6H6.CH4N4O3S/c1-2-4-6-5-3-1;2-3-1(6)4-5-9(7)8/h1-6H;2H2,(H2,3,4,6). The summed E-state index contributed by atoms with van der Waals surface area (Å²) in [6, 6.07) is 11.1. The molecule has 0 radical (unpaired) electrons. The van der Waals surface area contributed by atoms with Gasteiger partial charge in [0.2, 0.25) is 0 Å². The van der Waals surface area contributed by atoms with Crippen LogP contribution in [0.15, 0.2) is 40.9 Å². The minimum atomic E-state index is -2.64. The van der Waals surface area contributed by atoms with E-state index in [-0.39, 0.29) is 0 Å². The molecule has 4 N–H and O–H groups in total. The molecule has 0 aliphatic rings. The number of nitrogens with one attached hydrogen (secondary N) is 2. The van der Waals surface area contributed by atoms with Crippen molar-refractivity contribution in [3.8, 4) is 0 Å². The number of hydrogen-bond donors (Lipinski definition) is 3. The first-order chi connectivity index (χ1) is 7.16. The van der Waals surface area contributed by atoms with Crippen LogP contribution in [0, 0.1) is 0 Å². The second kappa shape index (κ2) is 8.66. The highest BCUT2D eigenvalue weighted by Gasteiger charge is 1.89. The maximum atomic E-state index is 10.0. The topological polar surface area (TPSA) is 114 Å². The van der Waals surface area contributed by atoms with E-state index in [0.29, 0.717) is 0 Å². The molecule has 0 aromatic heterocycles. The third-order valence-electron chi connectivity index (χ3n) is 1.02. The molecule has 1 rings (SSSR count). The third kappa shape index (κ3) is 9.99. The SMILES string of the molecule is NNC(=O)NN=S(=O)=O.c1ccccc1. The van der Waals surface area contributed by atoms with E-state index < -0.39 is 16.5 Å². The van der Waals surface area contributed by atoms with E-state index in [1.165, 1.54) is 0 Å².